The van der Waals surface area contributed by atoms with Gasteiger partial charge in [0.15, 0.2) is 0 Å². The van der Waals surface area contributed by atoms with E-state index in [1.54, 1.807) is 42.2 Å². The van der Waals surface area contributed by atoms with Gasteiger partial charge in [0.1, 0.15) is 5.82 Å². The number of hydrogen-bond donors (Lipinski definition) is 1. The summed E-state index contributed by atoms with van der Waals surface area (Å²) in [6, 6.07) is 11.6. The maximum absolute atomic E-state index is 13.9. The van der Waals surface area contributed by atoms with Gasteiger partial charge in [-0.05, 0) is 44.4 Å². The lowest BCUT2D eigenvalue weighted by Crippen LogP contribution is -2.36. The van der Waals surface area contributed by atoms with E-state index in [9.17, 15) is 17.6 Å². The molecule has 0 atom stereocenters. The summed E-state index contributed by atoms with van der Waals surface area (Å²) in [7, 11) is -3.68. The summed E-state index contributed by atoms with van der Waals surface area (Å²) in [5, 5.41) is 0. The van der Waals surface area contributed by atoms with Gasteiger partial charge < -0.3 is 4.90 Å². The zero-order chi connectivity index (χ0) is 20.3. The minimum absolute atomic E-state index is 0.00890. The summed E-state index contributed by atoms with van der Waals surface area (Å²) in [6.07, 6.45) is 1.83. The number of nitrogens with one attached hydrogen (secondary N) is 1. The van der Waals surface area contributed by atoms with E-state index in [1.807, 2.05) is 13.0 Å². The third-order valence-corrected chi connectivity index (χ3v) is 6.48. The zero-order valence-electron chi connectivity index (χ0n) is 16.1. The predicted octanol–water partition coefficient (Wildman–Crippen LogP) is 3.30. The molecule has 0 spiro atoms. The normalized spacial score (nSPS) is 14.1. The van der Waals surface area contributed by atoms with E-state index in [1.165, 1.54) is 6.07 Å². The molecule has 150 valence electrons. The lowest BCUT2D eigenvalue weighted by atomic mass is 10.2. The molecule has 2 aromatic carbocycles. The molecule has 3 rings (SSSR count). The van der Waals surface area contributed by atoms with Crippen molar-refractivity contribution in [3.8, 4) is 0 Å². The number of carbonyl (C=O) groups is 1. The Morgan fingerprint density at radius 1 is 1.18 bits per heavy atom. The number of nitrogens with zero attached hydrogens (tertiary/aromatic N) is 1. The Morgan fingerprint density at radius 3 is 2.54 bits per heavy atom. The number of sulfonamides is 1. The van der Waals surface area contributed by atoms with Crippen molar-refractivity contribution in [2.75, 3.05) is 6.54 Å². The summed E-state index contributed by atoms with van der Waals surface area (Å²) in [4.78, 5) is 14.5. The lowest BCUT2D eigenvalue weighted by Gasteiger charge is -2.23. The molecule has 7 heteroatoms. The number of benzene rings is 2. The van der Waals surface area contributed by atoms with Crippen LogP contribution in [0.1, 0.15) is 36.0 Å². The molecular weight excluding hydrogens is 379 g/mol. The first-order valence-corrected chi connectivity index (χ1v) is 10.9. The Hall–Kier alpha value is -2.25. The molecule has 0 aromatic heterocycles. The Kier molecular flexibility index (Phi) is 6.15. The number of aryl methyl sites for hydroxylation is 2. The van der Waals surface area contributed by atoms with Gasteiger partial charge in [0.2, 0.25) is 15.9 Å². The monoisotopic (exact) mass is 404 g/mol. The predicted molar refractivity (Wildman–Crippen MR) is 106 cm³/mol. The van der Waals surface area contributed by atoms with Crippen LogP contribution < -0.4 is 4.72 Å². The second kappa shape index (κ2) is 8.41. The summed E-state index contributed by atoms with van der Waals surface area (Å²) >= 11 is 0. The van der Waals surface area contributed by atoms with Crippen LogP contribution in [0, 0.1) is 19.7 Å². The fraction of sp³-hybridized carbons (Fsp3) is 0.381. The third-order valence-electron chi connectivity index (χ3n) is 4.86. The molecule has 1 fully saturated rings. The number of amides is 1. The van der Waals surface area contributed by atoms with Gasteiger partial charge in [-0.3, -0.25) is 4.79 Å². The molecule has 1 amide bonds. The molecule has 0 radical (unpaired) electrons. The van der Waals surface area contributed by atoms with Crippen LogP contribution in [0.2, 0.25) is 0 Å². The van der Waals surface area contributed by atoms with E-state index in [0.717, 1.165) is 18.4 Å². The van der Waals surface area contributed by atoms with Crippen LogP contribution >= 0.6 is 0 Å². The average molecular weight is 405 g/mol. The van der Waals surface area contributed by atoms with Crippen molar-refractivity contribution < 1.29 is 17.6 Å². The first-order valence-electron chi connectivity index (χ1n) is 9.38. The first-order chi connectivity index (χ1) is 13.3. The second-order valence-electron chi connectivity index (χ2n) is 7.26. The minimum Gasteiger partial charge on any atom is -0.335 e. The van der Waals surface area contributed by atoms with Crippen molar-refractivity contribution in [2.45, 2.75) is 50.6 Å². The molecule has 5 nitrogen and oxygen atoms in total. The van der Waals surface area contributed by atoms with E-state index in [2.05, 4.69) is 4.72 Å². The van der Waals surface area contributed by atoms with Crippen molar-refractivity contribution >= 4 is 15.9 Å². The van der Waals surface area contributed by atoms with Crippen molar-refractivity contribution in [3.05, 3.63) is 65.0 Å². The molecule has 0 heterocycles. The highest BCUT2D eigenvalue weighted by Crippen LogP contribution is 2.29. The number of halogens is 1. The smallest absolute Gasteiger partial charge is 0.240 e. The minimum atomic E-state index is -3.68. The molecule has 0 unspecified atom stereocenters. The topological polar surface area (TPSA) is 66.5 Å². The SMILES string of the molecule is Cc1ccc(S(=O)(=O)NCCC(=O)N(Cc2ccccc2F)C2CC2)c(C)c1. The van der Waals surface area contributed by atoms with E-state index < -0.39 is 10.0 Å². The largest absolute Gasteiger partial charge is 0.335 e. The standard InChI is InChI=1S/C21H25FN2O3S/c1-15-7-10-20(16(2)13-15)28(26,27)23-12-11-21(25)24(18-8-9-18)14-17-5-3-4-6-19(17)22/h3-7,10,13,18,23H,8-9,11-12,14H2,1-2H3. The van der Waals surface area contributed by atoms with E-state index in [4.69, 9.17) is 0 Å². The molecule has 1 aliphatic carbocycles. The lowest BCUT2D eigenvalue weighted by molar-refractivity contribution is -0.132. The second-order valence-corrected chi connectivity index (χ2v) is 9.00. The maximum atomic E-state index is 13.9. The number of hydrogen-bond acceptors (Lipinski definition) is 3. The van der Waals surface area contributed by atoms with Crippen LogP contribution in [0.25, 0.3) is 0 Å². The van der Waals surface area contributed by atoms with Gasteiger partial charge in [0, 0.05) is 31.1 Å². The summed E-state index contributed by atoms with van der Waals surface area (Å²) < 4.78 is 41.5. The highest BCUT2D eigenvalue weighted by Gasteiger charge is 2.32. The quantitative estimate of drug-likeness (QED) is 0.734. The van der Waals surface area contributed by atoms with Crippen molar-refractivity contribution in [3.63, 3.8) is 0 Å². The molecule has 0 bridgehead atoms. The Balaban J connectivity index is 1.61. The number of carbonyl (C=O) groups excluding carboxylic acids is 1. The Labute approximate surface area is 165 Å². The maximum Gasteiger partial charge on any atom is 0.240 e. The third kappa shape index (κ3) is 4.97. The van der Waals surface area contributed by atoms with Crippen LogP contribution in [0.15, 0.2) is 47.4 Å². The van der Waals surface area contributed by atoms with Crippen molar-refractivity contribution in [2.24, 2.45) is 0 Å². The highest BCUT2D eigenvalue weighted by molar-refractivity contribution is 7.89. The van der Waals surface area contributed by atoms with Gasteiger partial charge in [-0.2, -0.15) is 0 Å². The fourth-order valence-electron chi connectivity index (χ4n) is 3.23. The molecule has 0 aliphatic heterocycles. The van der Waals surface area contributed by atoms with Crippen LogP contribution in [-0.4, -0.2) is 31.8 Å². The average Bonchev–Trinajstić information content (AvgIpc) is 3.45. The molecule has 1 N–H and O–H groups in total. The Morgan fingerprint density at radius 2 is 1.89 bits per heavy atom. The molecule has 1 saturated carbocycles. The van der Waals surface area contributed by atoms with Crippen LogP contribution in [0.5, 0.6) is 0 Å². The van der Waals surface area contributed by atoms with E-state index in [-0.39, 0.29) is 42.2 Å². The summed E-state index contributed by atoms with van der Waals surface area (Å²) in [5.74, 6) is -0.509. The van der Waals surface area contributed by atoms with Gasteiger partial charge in [-0.25, -0.2) is 17.5 Å². The molecule has 1 aliphatic rings. The van der Waals surface area contributed by atoms with Crippen molar-refractivity contribution in [1.29, 1.82) is 0 Å². The molecular formula is C21H25FN2O3S. The van der Waals surface area contributed by atoms with Crippen LogP contribution in [0.3, 0.4) is 0 Å². The first kappa shape index (κ1) is 20.5. The fourth-order valence-corrected chi connectivity index (χ4v) is 4.49. The van der Waals surface area contributed by atoms with E-state index >= 15 is 0 Å². The van der Waals surface area contributed by atoms with Gasteiger partial charge in [-0.1, -0.05) is 35.9 Å². The molecule has 28 heavy (non-hydrogen) atoms. The summed E-state index contributed by atoms with van der Waals surface area (Å²) in [5.41, 5.74) is 2.12. The van der Waals surface area contributed by atoms with Gasteiger partial charge in [0.05, 0.1) is 4.90 Å². The van der Waals surface area contributed by atoms with Gasteiger partial charge in [-0.15, -0.1) is 0 Å². The molecule has 2 aromatic rings. The van der Waals surface area contributed by atoms with Gasteiger partial charge in [0.25, 0.3) is 0 Å². The molecule has 0 saturated heterocycles. The van der Waals surface area contributed by atoms with E-state index in [0.29, 0.717) is 11.1 Å². The number of rotatable bonds is 8. The Bertz CT molecular complexity index is 971. The van der Waals surface area contributed by atoms with Crippen molar-refractivity contribution in [1.82, 2.24) is 9.62 Å². The van der Waals surface area contributed by atoms with Crippen LogP contribution in [-0.2, 0) is 21.4 Å². The van der Waals surface area contributed by atoms with Gasteiger partial charge >= 0.3 is 0 Å². The highest BCUT2D eigenvalue weighted by atomic mass is 32.2. The zero-order valence-corrected chi connectivity index (χ0v) is 16.9. The summed E-state index contributed by atoms with van der Waals surface area (Å²) in [6.45, 7) is 3.86. The van der Waals surface area contributed by atoms with Crippen LogP contribution in [0.4, 0.5) is 4.39 Å².